The monoisotopic (exact) mass is 415 g/mol. The number of rotatable bonds is 7. The highest BCUT2D eigenvalue weighted by atomic mass is 32.1. The van der Waals surface area contributed by atoms with Crippen LogP contribution in [0.1, 0.15) is 48.0 Å². The third-order valence-corrected chi connectivity index (χ3v) is 3.84. The molecule has 0 aliphatic rings. The Balaban J connectivity index is 2.06. The minimum Gasteiger partial charge on any atom is -0.493 e. The van der Waals surface area contributed by atoms with Crippen molar-refractivity contribution >= 4 is 28.9 Å². The van der Waals surface area contributed by atoms with Gasteiger partial charge in [0.2, 0.25) is 0 Å². The standard InChI is InChI=1S/C18H20F3N3O3S/c1-3-4-5-8-26-15-7-6-12(10-13(15)18(19,20)21)22-17(28)23-16(25)14-9-11(2)27-24-14/h6-7,9-10H,3-5,8H2,1-2H3,(H2,22,23,25,28). The summed E-state index contributed by atoms with van der Waals surface area (Å²) in [7, 11) is 0. The van der Waals surface area contributed by atoms with Crippen LogP contribution in [0.5, 0.6) is 5.75 Å². The van der Waals surface area contributed by atoms with Crippen molar-refractivity contribution < 1.29 is 27.2 Å². The Morgan fingerprint density at radius 1 is 1.29 bits per heavy atom. The quantitative estimate of drug-likeness (QED) is 0.504. The maximum absolute atomic E-state index is 13.3. The maximum Gasteiger partial charge on any atom is 0.420 e. The first-order valence-corrected chi connectivity index (χ1v) is 9.01. The van der Waals surface area contributed by atoms with Crippen LogP contribution in [0.3, 0.4) is 0 Å². The number of unbranched alkanes of at least 4 members (excludes halogenated alkanes) is 2. The van der Waals surface area contributed by atoms with Crippen LogP contribution in [0.25, 0.3) is 0 Å². The molecule has 0 fully saturated rings. The molecular weight excluding hydrogens is 395 g/mol. The fourth-order valence-electron chi connectivity index (χ4n) is 2.29. The zero-order valence-corrected chi connectivity index (χ0v) is 16.2. The van der Waals surface area contributed by atoms with Crippen LogP contribution in [0.4, 0.5) is 18.9 Å². The summed E-state index contributed by atoms with van der Waals surface area (Å²) in [6.07, 6.45) is -2.11. The number of thiocarbonyl (C=S) groups is 1. The van der Waals surface area contributed by atoms with Gasteiger partial charge in [0.05, 0.1) is 12.2 Å². The number of hydrogen-bond donors (Lipinski definition) is 2. The molecule has 0 atom stereocenters. The first kappa shape index (κ1) is 21.7. The van der Waals surface area contributed by atoms with E-state index in [1.54, 1.807) is 6.92 Å². The van der Waals surface area contributed by atoms with Gasteiger partial charge in [-0.05, 0) is 43.8 Å². The average molecular weight is 415 g/mol. The first-order chi connectivity index (χ1) is 13.2. The number of aromatic nitrogens is 1. The average Bonchev–Trinajstić information content (AvgIpc) is 3.05. The number of halogens is 3. The molecule has 0 aliphatic heterocycles. The maximum atomic E-state index is 13.3. The number of anilines is 1. The molecule has 1 amide bonds. The smallest absolute Gasteiger partial charge is 0.420 e. The van der Waals surface area contributed by atoms with E-state index < -0.39 is 17.6 Å². The molecule has 0 bridgehead atoms. The molecule has 1 aromatic carbocycles. The summed E-state index contributed by atoms with van der Waals surface area (Å²) in [6, 6.07) is 4.91. The Hall–Kier alpha value is -2.62. The van der Waals surface area contributed by atoms with Gasteiger partial charge in [0.15, 0.2) is 10.8 Å². The van der Waals surface area contributed by atoms with E-state index >= 15 is 0 Å². The molecule has 152 valence electrons. The minimum atomic E-state index is -4.60. The molecule has 0 saturated heterocycles. The van der Waals surface area contributed by atoms with Crippen LogP contribution in [-0.4, -0.2) is 22.8 Å². The molecule has 0 spiro atoms. The minimum absolute atomic E-state index is 0.00783. The van der Waals surface area contributed by atoms with Gasteiger partial charge in [-0.15, -0.1) is 0 Å². The highest BCUT2D eigenvalue weighted by Crippen LogP contribution is 2.38. The van der Waals surface area contributed by atoms with Crippen molar-refractivity contribution in [1.82, 2.24) is 10.5 Å². The molecule has 2 aromatic rings. The second-order valence-electron chi connectivity index (χ2n) is 6.00. The number of benzene rings is 1. The number of nitrogens with one attached hydrogen (secondary N) is 2. The van der Waals surface area contributed by atoms with E-state index in [-0.39, 0.29) is 28.9 Å². The fraction of sp³-hybridized carbons (Fsp3) is 0.389. The SMILES string of the molecule is CCCCCOc1ccc(NC(=S)NC(=O)c2cc(C)on2)cc1C(F)(F)F. The van der Waals surface area contributed by atoms with Gasteiger partial charge in [0.25, 0.3) is 5.91 Å². The normalized spacial score (nSPS) is 11.2. The molecule has 0 aliphatic carbocycles. The molecule has 10 heteroatoms. The number of aryl methyl sites for hydroxylation is 1. The lowest BCUT2D eigenvalue weighted by atomic mass is 10.1. The zero-order valence-electron chi connectivity index (χ0n) is 15.4. The highest BCUT2D eigenvalue weighted by molar-refractivity contribution is 7.80. The molecule has 0 radical (unpaired) electrons. The summed E-state index contributed by atoms with van der Waals surface area (Å²) in [5, 5.41) is 8.24. The molecule has 0 unspecified atom stereocenters. The fourth-order valence-corrected chi connectivity index (χ4v) is 2.50. The molecule has 2 N–H and O–H groups in total. The van der Waals surface area contributed by atoms with Crippen LogP contribution in [-0.2, 0) is 6.18 Å². The Morgan fingerprint density at radius 3 is 2.64 bits per heavy atom. The molecule has 2 rings (SSSR count). The Kier molecular flexibility index (Phi) is 7.38. The van der Waals surface area contributed by atoms with Gasteiger partial charge in [-0.2, -0.15) is 13.2 Å². The van der Waals surface area contributed by atoms with Crippen LogP contribution in [0.15, 0.2) is 28.8 Å². The van der Waals surface area contributed by atoms with Gasteiger partial charge in [-0.1, -0.05) is 24.9 Å². The second-order valence-corrected chi connectivity index (χ2v) is 6.40. The number of alkyl halides is 3. The van der Waals surface area contributed by atoms with Gasteiger partial charge in [-0.3, -0.25) is 10.1 Å². The van der Waals surface area contributed by atoms with Crippen molar-refractivity contribution in [3.05, 3.63) is 41.3 Å². The van der Waals surface area contributed by atoms with Crippen molar-refractivity contribution in [2.75, 3.05) is 11.9 Å². The van der Waals surface area contributed by atoms with E-state index in [2.05, 4.69) is 15.8 Å². The van der Waals surface area contributed by atoms with E-state index in [4.69, 9.17) is 21.5 Å². The molecule has 1 heterocycles. The van der Waals surface area contributed by atoms with E-state index in [1.807, 2.05) is 6.92 Å². The number of carbonyl (C=O) groups is 1. The number of nitrogens with zero attached hydrogens (tertiary/aromatic N) is 1. The third kappa shape index (κ3) is 6.22. The summed E-state index contributed by atoms with van der Waals surface area (Å²) >= 11 is 4.97. The van der Waals surface area contributed by atoms with E-state index in [0.717, 1.165) is 18.9 Å². The summed E-state index contributed by atoms with van der Waals surface area (Å²) in [5.74, 6) is -0.447. The van der Waals surface area contributed by atoms with Gasteiger partial charge >= 0.3 is 6.18 Å². The number of ether oxygens (including phenoxy) is 1. The van der Waals surface area contributed by atoms with Crippen molar-refractivity contribution in [1.29, 1.82) is 0 Å². The first-order valence-electron chi connectivity index (χ1n) is 8.60. The van der Waals surface area contributed by atoms with E-state index in [9.17, 15) is 18.0 Å². The molecular formula is C18H20F3N3O3S. The lowest BCUT2D eigenvalue weighted by molar-refractivity contribution is -0.138. The lowest BCUT2D eigenvalue weighted by Gasteiger charge is -2.16. The second kappa shape index (κ2) is 9.54. The Morgan fingerprint density at radius 2 is 2.04 bits per heavy atom. The van der Waals surface area contributed by atoms with Gasteiger partial charge < -0.3 is 14.6 Å². The van der Waals surface area contributed by atoms with Crippen molar-refractivity contribution in [2.45, 2.75) is 39.3 Å². The van der Waals surface area contributed by atoms with Crippen molar-refractivity contribution in [3.63, 3.8) is 0 Å². The zero-order chi connectivity index (χ0) is 20.7. The van der Waals surface area contributed by atoms with Crippen LogP contribution < -0.4 is 15.4 Å². The number of hydrogen-bond acceptors (Lipinski definition) is 5. The molecule has 6 nitrogen and oxygen atoms in total. The lowest BCUT2D eigenvalue weighted by Crippen LogP contribution is -2.34. The van der Waals surface area contributed by atoms with Crippen LogP contribution >= 0.6 is 12.2 Å². The third-order valence-electron chi connectivity index (χ3n) is 3.64. The van der Waals surface area contributed by atoms with Gasteiger partial charge in [0.1, 0.15) is 11.5 Å². The van der Waals surface area contributed by atoms with Crippen LogP contribution in [0, 0.1) is 6.92 Å². The molecule has 0 saturated carbocycles. The molecule has 28 heavy (non-hydrogen) atoms. The summed E-state index contributed by atoms with van der Waals surface area (Å²) in [6.45, 7) is 3.81. The van der Waals surface area contributed by atoms with E-state index in [0.29, 0.717) is 12.2 Å². The summed E-state index contributed by atoms with van der Waals surface area (Å²) in [5.41, 5.74) is -0.849. The predicted octanol–water partition coefficient (Wildman–Crippen LogP) is 4.70. The Labute approximate surface area is 165 Å². The summed E-state index contributed by atoms with van der Waals surface area (Å²) in [4.78, 5) is 11.9. The Bertz CT molecular complexity index is 837. The molecule has 1 aromatic heterocycles. The highest BCUT2D eigenvalue weighted by Gasteiger charge is 2.34. The van der Waals surface area contributed by atoms with E-state index in [1.165, 1.54) is 18.2 Å². The van der Waals surface area contributed by atoms with Gasteiger partial charge in [0, 0.05) is 11.8 Å². The predicted molar refractivity (Wildman–Crippen MR) is 101 cm³/mol. The summed E-state index contributed by atoms with van der Waals surface area (Å²) < 4.78 is 50.1. The number of carbonyl (C=O) groups excluding carboxylic acids is 1. The largest absolute Gasteiger partial charge is 0.493 e. The topological polar surface area (TPSA) is 76.4 Å². The van der Waals surface area contributed by atoms with Crippen molar-refractivity contribution in [2.24, 2.45) is 0 Å². The van der Waals surface area contributed by atoms with Crippen molar-refractivity contribution in [3.8, 4) is 5.75 Å². The van der Waals surface area contributed by atoms with Gasteiger partial charge in [-0.25, -0.2) is 0 Å². The van der Waals surface area contributed by atoms with Crippen LogP contribution in [0.2, 0.25) is 0 Å². The number of amides is 1.